The number of alkyl halides is 2. The number of nitrogens with one attached hydrogen (secondary N) is 1. The van der Waals surface area contributed by atoms with Crippen molar-refractivity contribution < 1.29 is 8.78 Å². The van der Waals surface area contributed by atoms with E-state index in [1.807, 2.05) is 24.3 Å². The van der Waals surface area contributed by atoms with Crippen LogP contribution in [-0.2, 0) is 6.54 Å². The molecule has 0 saturated carbocycles. The largest absolute Gasteiger partial charge is 0.383 e. The van der Waals surface area contributed by atoms with Crippen LogP contribution in [0.15, 0.2) is 28.7 Å². The second kappa shape index (κ2) is 4.86. The van der Waals surface area contributed by atoms with E-state index in [0.717, 1.165) is 10.0 Å². The lowest BCUT2D eigenvalue weighted by molar-refractivity contribution is 0.146. The van der Waals surface area contributed by atoms with Gasteiger partial charge in [0.1, 0.15) is 11.5 Å². The Morgan fingerprint density at radius 3 is 2.90 bits per heavy atom. The van der Waals surface area contributed by atoms with Crippen LogP contribution >= 0.6 is 15.9 Å². The van der Waals surface area contributed by atoms with Gasteiger partial charge in [-0.3, -0.25) is 5.10 Å². The summed E-state index contributed by atoms with van der Waals surface area (Å²) in [6.07, 6.45) is -2.69. The fourth-order valence-corrected chi connectivity index (χ4v) is 2.53. The molecule has 0 atom stereocenters. The highest BCUT2D eigenvalue weighted by molar-refractivity contribution is 9.10. The maximum absolute atomic E-state index is 13.0. The fraction of sp³-hybridized carbons (Fsp3) is 0.167. The molecule has 2 heterocycles. The molecule has 0 spiro atoms. The van der Waals surface area contributed by atoms with Crippen LogP contribution in [0.3, 0.4) is 0 Å². The van der Waals surface area contributed by atoms with Crippen molar-refractivity contribution >= 4 is 32.8 Å². The van der Waals surface area contributed by atoms with Crippen LogP contribution in [0.1, 0.15) is 17.7 Å². The van der Waals surface area contributed by atoms with Crippen molar-refractivity contribution in [2.45, 2.75) is 13.0 Å². The lowest BCUT2D eigenvalue weighted by atomic mass is 10.2. The fourth-order valence-electron chi connectivity index (χ4n) is 2.08. The number of rotatable bonds is 3. The minimum absolute atomic E-state index is 0.107. The van der Waals surface area contributed by atoms with E-state index < -0.39 is 6.43 Å². The first-order valence-corrected chi connectivity index (χ1v) is 6.58. The molecular weight excluding hydrogens is 332 g/mol. The molecule has 0 unspecified atom stereocenters. The Kier molecular flexibility index (Phi) is 3.17. The molecule has 0 aliphatic rings. The normalized spacial score (nSPS) is 11.6. The van der Waals surface area contributed by atoms with E-state index in [2.05, 4.69) is 31.2 Å². The van der Waals surface area contributed by atoms with Crippen LogP contribution in [0.25, 0.3) is 11.0 Å². The van der Waals surface area contributed by atoms with Gasteiger partial charge in [-0.15, -0.1) is 0 Å². The van der Waals surface area contributed by atoms with Crippen molar-refractivity contribution in [2.75, 3.05) is 5.73 Å². The molecular formula is C12H10BrF2N5. The highest BCUT2D eigenvalue weighted by Gasteiger charge is 2.23. The van der Waals surface area contributed by atoms with Crippen LogP contribution in [0.5, 0.6) is 0 Å². The highest BCUT2D eigenvalue weighted by Crippen LogP contribution is 2.30. The summed E-state index contributed by atoms with van der Waals surface area (Å²) in [5.74, 6) is 0.107. The van der Waals surface area contributed by atoms with Crippen LogP contribution < -0.4 is 5.73 Å². The molecule has 0 fully saturated rings. The number of aromatic nitrogens is 4. The molecule has 3 rings (SSSR count). The van der Waals surface area contributed by atoms with Crippen molar-refractivity contribution in [3.63, 3.8) is 0 Å². The van der Waals surface area contributed by atoms with Crippen LogP contribution in [0.4, 0.5) is 14.6 Å². The molecule has 8 heteroatoms. The number of nitrogens with two attached hydrogens (primary N) is 1. The Labute approximate surface area is 120 Å². The third-order valence-electron chi connectivity index (χ3n) is 2.93. The van der Waals surface area contributed by atoms with Gasteiger partial charge in [0, 0.05) is 4.47 Å². The number of halogens is 3. The minimum Gasteiger partial charge on any atom is -0.383 e. The molecule has 0 saturated heterocycles. The first-order chi connectivity index (χ1) is 9.56. The Bertz CT molecular complexity index is 764. The van der Waals surface area contributed by atoms with E-state index in [4.69, 9.17) is 5.73 Å². The number of hydrogen-bond donors (Lipinski definition) is 2. The summed E-state index contributed by atoms with van der Waals surface area (Å²) < 4.78 is 28.3. The predicted molar refractivity (Wildman–Crippen MR) is 74.5 cm³/mol. The number of H-pyrrole nitrogens is 1. The monoisotopic (exact) mass is 341 g/mol. The van der Waals surface area contributed by atoms with Gasteiger partial charge in [-0.2, -0.15) is 10.2 Å². The third kappa shape index (κ3) is 2.15. The first kappa shape index (κ1) is 13.0. The Morgan fingerprint density at radius 1 is 1.40 bits per heavy atom. The second-order valence-electron chi connectivity index (χ2n) is 4.31. The summed E-state index contributed by atoms with van der Waals surface area (Å²) >= 11 is 3.37. The SMILES string of the molecule is Nc1[nH]nc2c1c(C(F)F)nn2Cc1cccc(Br)c1. The lowest BCUT2D eigenvalue weighted by Gasteiger charge is -2.03. The van der Waals surface area contributed by atoms with E-state index in [-0.39, 0.29) is 16.9 Å². The predicted octanol–water partition coefficient (Wildman–Crippen LogP) is 3.09. The highest BCUT2D eigenvalue weighted by atomic mass is 79.9. The van der Waals surface area contributed by atoms with Crippen LogP contribution in [-0.4, -0.2) is 20.0 Å². The number of hydrogen-bond acceptors (Lipinski definition) is 3. The van der Waals surface area contributed by atoms with Gasteiger partial charge < -0.3 is 5.73 Å². The topological polar surface area (TPSA) is 72.5 Å². The number of nitrogen functional groups attached to an aromatic ring is 1. The van der Waals surface area contributed by atoms with Crippen molar-refractivity contribution in [1.29, 1.82) is 0 Å². The molecule has 104 valence electrons. The van der Waals surface area contributed by atoms with Gasteiger partial charge in [0.15, 0.2) is 5.65 Å². The molecule has 3 N–H and O–H groups in total. The molecule has 0 aliphatic heterocycles. The van der Waals surface area contributed by atoms with Gasteiger partial charge in [-0.25, -0.2) is 13.5 Å². The average molecular weight is 342 g/mol. The molecule has 1 aromatic carbocycles. The van der Waals surface area contributed by atoms with E-state index in [0.29, 0.717) is 12.2 Å². The molecule has 0 bridgehead atoms. The maximum atomic E-state index is 13.0. The number of anilines is 1. The van der Waals surface area contributed by atoms with E-state index in [1.54, 1.807) is 0 Å². The minimum atomic E-state index is -2.69. The lowest BCUT2D eigenvalue weighted by Crippen LogP contribution is -2.03. The summed E-state index contributed by atoms with van der Waals surface area (Å²) in [6, 6.07) is 7.54. The molecule has 0 radical (unpaired) electrons. The van der Waals surface area contributed by atoms with Gasteiger partial charge in [-0.05, 0) is 17.7 Å². The zero-order chi connectivity index (χ0) is 14.3. The molecule has 20 heavy (non-hydrogen) atoms. The zero-order valence-electron chi connectivity index (χ0n) is 10.1. The summed E-state index contributed by atoms with van der Waals surface area (Å²) in [5.41, 5.74) is 6.54. The molecule has 0 amide bonds. The summed E-state index contributed by atoms with van der Waals surface area (Å²) in [6.45, 7) is 0.340. The van der Waals surface area contributed by atoms with E-state index in [1.165, 1.54) is 4.68 Å². The van der Waals surface area contributed by atoms with E-state index >= 15 is 0 Å². The Morgan fingerprint density at radius 2 is 2.20 bits per heavy atom. The number of nitrogens with zero attached hydrogens (tertiary/aromatic N) is 3. The number of fused-ring (bicyclic) bond motifs is 1. The Hall–Kier alpha value is -1.96. The average Bonchev–Trinajstić information content (AvgIpc) is 2.92. The van der Waals surface area contributed by atoms with Crippen LogP contribution in [0, 0.1) is 0 Å². The summed E-state index contributed by atoms with van der Waals surface area (Å²) in [4.78, 5) is 0. The molecule has 2 aromatic heterocycles. The van der Waals surface area contributed by atoms with E-state index in [9.17, 15) is 8.78 Å². The third-order valence-corrected chi connectivity index (χ3v) is 3.43. The van der Waals surface area contributed by atoms with Gasteiger partial charge in [0.2, 0.25) is 0 Å². The van der Waals surface area contributed by atoms with Crippen molar-refractivity contribution in [3.05, 3.63) is 40.0 Å². The number of aromatic amines is 1. The van der Waals surface area contributed by atoms with Gasteiger partial charge in [0.25, 0.3) is 6.43 Å². The second-order valence-corrected chi connectivity index (χ2v) is 5.23. The van der Waals surface area contributed by atoms with Crippen molar-refractivity contribution in [3.8, 4) is 0 Å². The van der Waals surface area contributed by atoms with Crippen molar-refractivity contribution in [2.24, 2.45) is 0 Å². The quantitative estimate of drug-likeness (QED) is 0.768. The standard InChI is InChI=1S/C12H10BrF2N5/c13-7-3-1-2-6(4-7)5-20-12-8(11(16)17-18-12)9(19-20)10(14)15/h1-4,10H,5H2,(H3,16,17,18). The first-order valence-electron chi connectivity index (χ1n) is 5.79. The smallest absolute Gasteiger partial charge is 0.282 e. The Balaban J connectivity index is 2.08. The van der Waals surface area contributed by atoms with Gasteiger partial charge in [0.05, 0.1) is 11.9 Å². The van der Waals surface area contributed by atoms with Crippen LogP contribution in [0.2, 0.25) is 0 Å². The summed E-state index contributed by atoms with van der Waals surface area (Å²) in [7, 11) is 0. The molecule has 3 aromatic rings. The maximum Gasteiger partial charge on any atom is 0.282 e. The molecule has 0 aliphatic carbocycles. The molecule has 5 nitrogen and oxygen atoms in total. The van der Waals surface area contributed by atoms with Crippen molar-refractivity contribution in [1.82, 2.24) is 20.0 Å². The number of benzene rings is 1. The summed E-state index contributed by atoms with van der Waals surface area (Å²) in [5, 5.41) is 10.6. The van der Waals surface area contributed by atoms with Gasteiger partial charge >= 0.3 is 0 Å². The van der Waals surface area contributed by atoms with Gasteiger partial charge in [-0.1, -0.05) is 28.1 Å². The zero-order valence-corrected chi connectivity index (χ0v) is 11.7.